The van der Waals surface area contributed by atoms with Crippen LogP contribution in [-0.4, -0.2) is 37.6 Å². The second kappa shape index (κ2) is 15.9. The molecule has 0 N–H and O–H groups in total. The van der Waals surface area contributed by atoms with Crippen LogP contribution in [0.2, 0.25) is 0 Å². The minimum atomic E-state index is 0. The number of halogens is 1. The lowest BCUT2D eigenvalue weighted by molar-refractivity contribution is -0.909. The van der Waals surface area contributed by atoms with Crippen LogP contribution in [0.25, 0.3) is 0 Å². The van der Waals surface area contributed by atoms with Gasteiger partial charge in [-0.1, -0.05) is 102 Å². The van der Waals surface area contributed by atoms with Crippen LogP contribution in [0.15, 0.2) is 35.3 Å². The predicted molar refractivity (Wildman–Crippen MR) is 135 cm³/mol. The van der Waals surface area contributed by atoms with E-state index >= 15 is 0 Å². The van der Waals surface area contributed by atoms with Gasteiger partial charge in [0.15, 0.2) is 0 Å². The van der Waals surface area contributed by atoms with Gasteiger partial charge in [0.05, 0.1) is 20.6 Å². The van der Waals surface area contributed by atoms with Crippen molar-refractivity contribution < 1.29 is 9.59 Å². The second-order valence-corrected chi connectivity index (χ2v) is 10.2. The van der Waals surface area contributed by atoms with E-state index in [1.807, 2.05) is 0 Å². The molecule has 0 aromatic heterocycles. The molecular weight excluding hydrogens is 436 g/mol. The van der Waals surface area contributed by atoms with E-state index in [1.54, 1.807) is 0 Å². The molecular formula is C26H47BrN2O. The van der Waals surface area contributed by atoms with Gasteiger partial charge in [-0.2, -0.15) is 0 Å². The molecule has 0 heterocycles. The van der Waals surface area contributed by atoms with Crippen molar-refractivity contribution in [3.8, 4) is 0 Å². The Kier molecular flexibility index (Phi) is 15.4. The molecule has 0 saturated heterocycles. The summed E-state index contributed by atoms with van der Waals surface area (Å²) in [5.41, 5.74) is 1.37. The van der Waals surface area contributed by atoms with E-state index in [1.165, 1.54) is 56.9 Å². The maximum atomic E-state index is 12.2. The number of unbranched alkanes of at least 4 members (excludes halogenated alkanes) is 8. The van der Waals surface area contributed by atoms with E-state index in [0.717, 1.165) is 24.0 Å². The monoisotopic (exact) mass is 482 g/mol. The molecule has 0 saturated carbocycles. The van der Waals surface area contributed by atoms with Crippen LogP contribution in [0, 0.1) is 5.41 Å². The lowest BCUT2D eigenvalue weighted by Gasteiger charge is -2.37. The van der Waals surface area contributed by atoms with E-state index in [-0.39, 0.29) is 28.3 Å². The van der Waals surface area contributed by atoms with Crippen molar-refractivity contribution in [1.29, 1.82) is 0 Å². The van der Waals surface area contributed by atoms with Gasteiger partial charge in [-0.25, -0.2) is 0 Å². The van der Waals surface area contributed by atoms with Gasteiger partial charge < -0.3 is 14.6 Å². The van der Waals surface area contributed by atoms with Gasteiger partial charge in [0.2, 0.25) is 0 Å². The summed E-state index contributed by atoms with van der Waals surface area (Å²) >= 11 is 0. The van der Waals surface area contributed by atoms with Gasteiger partial charge in [-0.3, -0.25) is 0 Å². The summed E-state index contributed by atoms with van der Waals surface area (Å²) in [7, 11) is 4.53. The number of rotatable bonds is 16. The van der Waals surface area contributed by atoms with Gasteiger partial charge in [0.25, 0.3) is 0 Å². The topological polar surface area (TPSA) is 35.4 Å². The summed E-state index contributed by atoms with van der Waals surface area (Å²) in [6.07, 6.45) is 12.1. The number of aliphatic imine (C=N–C) groups is 1. The lowest BCUT2D eigenvalue weighted by atomic mass is 9.92. The lowest BCUT2D eigenvalue weighted by Crippen LogP contribution is -2.46. The van der Waals surface area contributed by atoms with Crippen molar-refractivity contribution in [1.82, 2.24) is 0 Å². The molecule has 0 atom stereocenters. The van der Waals surface area contributed by atoms with Crippen molar-refractivity contribution >= 4 is 22.9 Å². The molecule has 0 unspecified atom stereocenters. The van der Waals surface area contributed by atoms with Gasteiger partial charge in [-0.15, -0.1) is 17.0 Å². The standard InChI is InChI=1S/C26H46N2O.BrH/c1-6-7-8-9-10-11-12-13-17-20-25(29)27-22-26(2,3)23-28(4,5)21-24-18-15-14-16-19-24;/h14-16,18-19H,6-13,17,20-23H2,1-5H3;1H. The Bertz CT molecular complexity index is 570. The highest BCUT2D eigenvalue weighted by molar-refractivity contribution is 8.93. The summed E-state index contributed by atoms with van der Waals surface area (Å²) in [6.45, 7) is 9.33. The van der Waals surface area contributed by atoms with Crippen LogP contribution >= 0.6 is 17.0 Å². The van der Waals surface area contributed by atoms with Crippen molar-refractivity contribution in [2.45, 2.75) is 91.5 Å². The van der Waals surface area contributed by atoms with Crippen molar-refractivity contribution in [3.05, 3.63) is 35.9 Å². The predicted octanol–water partition coefficient (Wildman–Crippen LogP) is 6.55. The largest absolute Gasteiger partial charge is 0.862 e. The summed E-state index contributed by atoms with van der Waals surface area (Å²) in [5.74, 6) is 0.0920. The third-order valence-corrected chi connectivity index (χ3v) is 5.49. The molecule has 0 spiro atoms. The number of nitrogens with zero attached hydrogens (tertiary/aromatic N) is 2. The maximum Gasteiger partial charge on any atom is 0.104 e. The molecule has 0 amide bonds. The highest BCUT2D eigenvalue weighted by Crippen LogP contribution is 2.22. The second-order valence-electron chi connectivity index (χ2n) is 10.2. The van der Waals surface area contributed by atoms with Crippen LogP contribution < -0.4 is 5.11 Å². The fraction of sp³-hybridized carbons (Fsp3) is 0.731. The Hall–Kier alpha value is -0.870. The van der Waals surface area contributed by atoms with Crippen LogP contribution in [-0.2, 0) is 6.54 Å². The molecule has 0 aliphatic carbocycles. The average Bonchev–Trinajstić information content (AvgIpc) is 2.64. The molecule has 4 heteroatoms. The third-order valence-electron chi connectivity index (χ3n) is 5.49. The maximum absolute atomic E-state index is 12.2. The van der Waals surface area contributed by atoms with E-state index in [4.69, 9.17) is 0 Å². The van der Waals surface area contributed by atoms with Crippen molar-refractivity contribution in [3.63, 3.8) is 0 Å². The zero-order chi connectivity index (χ0) is 21.6. The van der Waals surface area contributed by atoms with Crippen molar-refractivity contribution in [2.24, 2.45) is 10.4 Å². The molecule has 1 rings (SSSR count). The zero-order valence-electron chi connectivity index (χ0n) is 20.3. The van der Waals surface area contributed by atoms with Crippen LogP contribution in [0.4, 0.5) is 0 Å². The van der Waals surface area contributed by atoms with Crippen molar-refractivity contribution in [2.75, 3.05) is 27.2 Å². The number of benzene rings is 1. The van der Waals surface area contributed by atoms with Gasteiger partial charge in [0.1, 0.15) is 6.54 Å². The number of hydrogen-bond acceptors (Lipinski definition) is 2. The van der Waals surface area contributed by atoms with Gasteiger partial charge in [-0.05, 0) is 18.7 Å². The molecule has 0 aliphatic heterocycles. The summed E-state index contributed by atoms with van der Waals surface area (Å²) in [4.78, 5) is 4.41. The molecule has 0 fully saturated rings. The third kappa shape index (κ3) is 15.0. The van der Waals surface area contributed by atoms with E-state index in [0.29, 0.717) is 13.0 Å². The Morgan fingerprint density at radius 1 is 0.900 bits per heavy atom. The Morgan fingerprint density at radius 2 is 1.43 bits per heavy atom. The average molecular weight is 484 g/mol. The number of quaternary nitrogens is 1. The molecule has 0 aliphatic rings. The minimum absolute atomic E-state index is 0. The van der Waals surface area contributed by atoms with E-state index in [9.17, 15) is 5.11 Å². The Balaban J connectivity index is 0.00000841. The van der Waals surface area contributed by atoms with Crippen LogP contribution in [0.3, 0.4) is 0 Å². The quantitative estimate of drug-likeness (QED) is 0.114. The normalized spacial score (nSPS) is 12.6. The highest BCUT2D eigenvalue weighted by Gasteiger charge is 2.28. The molecule has 1 aromatic carbocycles. The fourth-order valence-electron chi connectivity index (χ4n) is 4.31. The molecule has 174 valence electrons. The Labute approximate surface area is 197 Å². The molecule has 30 heavy (non-hydrogen) atoms. The first kappa shape index (κ1) is 29.1. The van der Waals surface area contributed by atoms with Crippen LogP contribution in [0.1, 0.15) is 90.5 Å². The minimum Gasteiger partial charge on any atom is -0.862 e. The van der Waals surface area contributed by atoms with Gasteiger partial charge in [0, 0.05) is 17.5 Å². The summed E-state index contributed by atoms with van der Waals surface area (Å²) < 4.78 is 0.902. The highest BCUT2D eigenvalue weighted by atomic mass is 79.9. The van der Waals surface area contributed by atoms with Gasteiger partial charge >= 0.3 is 0 Å². The molecule has 0 radical (unpaired) electrons. The fourth-order valence-corrected chi connectivity index (χ4v) is 4.31. The molecule has 1 aromatic rings. The van der Waals surface area contributed by atoms with E-state index < -0.39 is 0 Å². The molecule has 3 nitrogen and oxygen atoms in total. The SMILES string of the molecule is Br.CCCCCCCCCCCC([O-])=NCC(C)(C)C[N+](C)(C)Cc1ccccc1. The van der Waals surface area contributed by atoms with Crippen LogP contribution in [0.5, 0.6) is 0 Å². The first-order valence-corrected chi connectivity index (χ1v) is 11.8. The molecule has 0 bridgehead atoms. The number of hydrogen-bond donors (Lipinski definition) is 0. The first-order valence-electron chi connectivity index (χ1n) is 11.8. The Morgan fingerprint density at radius 3 is 2.00 bits per heavy atom. The summed E-state index contributed by atoms with van der Waals surface area (Å²) in [5, 5.41) is 12.2. The zero-order valence-corrected chi connectivity index (χ0v) is 22.0. The first-order chi connectivity index (χ1) is 13.7. The van der Waals surface area contributed by atoms with E-state index in [2.05, 4.69) is 70.2 Å². The summed E-state index contributed by atoms with van der Waals surface area (Å²) in [6, 6.07) is 10.6. The smallest absolute Gasteiger partial charge is 0.104 e.